The van der Waals surface area contributed by atoms with Gasteiger partial charge in [0.2, 0.25) is 0 Å². The lowest BCUT2D eigenvalue weighted by molar-refractivity contribution is -0.139. The second kappa shape index (κ2) is 15.7. The predicted octanol–water partition coefficient (Wildman–Crippen LogP) is 10.6. The first-order valence-corrected chi connectivity index (χ1v) is 15.6. The molecule has 3 aromatic rings. The van der Waals surface area contributed by atoms with E-state index in [1.807, 2.05) is 18.2 Å². The summed E-state index contributed by atoms with van der Waals surface area (Å²) in [6.45, 7) is 4.37. The molecule has 0 aliphatic heterocycles. The second-order valence-corrected chi connectivity index (χ2v) is 11.6. The van der Waals surface area contributed by atoms with Crippen LogP contribution >= 0.6 is 0 Å². The number of hydrogen-bond donors (Lipinski definition) is 0. The first kappa shape index (κ1) is 29.1. The minimum Gasteiger partial charge on any atom is -0.426 e. The Balaban J connectivity index is 1.18. The largest absolute Gasteiger partial charge is 0.426 e. The van der Waals surface area contributed by atoms with E-state index in [0.29, 0.717) is 11.7 Å². The first-order valence-electron chi connectivity index (χ1n) is 15.6. The fourth-order valence-corrected chi connectivity index (χ4v) is 6.19. The van der Waals surface area contributed by atoms with Gasteiger partial charge in [-0.15, -0.1) is 0 Å². The highest BCUT2D eigenvalue weighted by molar-refractivity contribution is 5.75. The lowest BCUT2D eigenvalue weighted by Gasteiger charge is -2.29. The molecule has 1 fully saturated rings. The minimum absolute atomic E-state index is 0.0547. The molecule has 0 radical (unpaired) electrons. The van der Waals surface area contributed by atoms with Crippen LogP contribution in [0.25, 0.3) is 11.1 Å². The summed E-state index contributed by atoms with van der Waals surface area (Å²) in [6, 6.07) is 27.7. The van der Waals surface area contributed by atoms with Crippen LogP contribution in [0.5, 0.6) is 5.75 Å². The van der Waals surface area contributed by atoms with Gasteiger partial charge >= 0.3 is 5.97 Å². The molecule has 39 heavy (non-hydrogen) atoms. The third-order valence-corrected chi connectivity index (χ3v) is 8.79. The summed E-state index contributed by atoms with van der Waals surface area (Å²) in [5, 5.41) is 0. The maximum atomic E-state index is 12.9. The van der Waals surface area contributed by atoms with Gasteiger partial charge in [-0.2, -0.15) is 0 Å². The van der Waals surface area contributed by atoms with Gasteiger partial charge in [-0.1, -0.05) is 113 Å². The Hall–Kier alpha value is -2.87. The molecule has 0 bridgehead atoms. The van der Waals surface area contributed by atoms with Gasteiger partial charge in [-0.25, -0.2) is 0 Å². The molecule has 2 heteroatoms. The van der Waals surface area contributed by atoms with E-state index in [0.717, 1.165) is 31.6 Å². The lowest BCUT2D eigenvalue weighted by Crippen LogP contribution is -2.20. The van der Waals surface area contributed by atoms with Crippen LogP contribution in [0.15, 0.2) is 78.9 Å². The van der Waals surface area contributed by atoms with Crippen LogP contribution in [-0.4, -0.2) is 5.97 Å². The number of hydrogen-bond acceptors (Lipinski definition) is 2. The van der Waals surface area contributed by atoms with Crippen LogP contribution in [-0.2, 0) is 11.2 Å². The second-order valence-electron chi connectivity index (χ2n) is 11.6. The van der Waals surface area contributed by atoms with Gasteiger partial charge in [0.1, 0.15) is 5.75 Å². The normalized spacial score (nSPS) is 18.0. The summed E-state index contributed by atoms with van der Waals surface area (Å²) in [5.74, 6) is 2.13. The van der Waals surface area contributed by atoms with E-state index >= 15 is 0 Å². The Morgan fingerprint density at radius 1 is 0.769 bits per heavy atom. The Bertz CT molecular complexity index is 1090. The topological polar surface area (TPSA) is 26.3 Å². The third kappa shape index (κ3) is 9.09. The van der Waals surface area contributed by atoms with Crippen LogP contribution in [0.2, 0.25) is 0 Å². The average Bonchev–Trinajstić information content (AvgIpc) is 2.99. The molecule has 0 spiro atoms. The van der Waals surface area contributed by atoms with Crippen molar-refractivity contribution in [3.05, 3.63) is 90.0 Å². The van der Waals surface area contributed by atoms with Gasteiger partial charge in [0.05, 0.1) is 5.92 Å². The molecule has 1 unspecified atom stereocenters. The molecule has 1 saturated carbocycles. The number of ether oxygens (including phenoxy) is 1. The van der Waals surface area contributed by atoms with Crippen LogP contribution < -0.4 is 4.74 Å². The van der Waals surface area contributed by atoms with Crippen molar-refractivity contribution < 1.29 is 9.53 Å². The summed E-state index contributed by atoms with van der Waals surface area (Å²) in [7, 11) is 0. The number of unbranched alkanes of at least 4 members (excludes halogenated alkanes) is 3. The van der Waals surface area contributed by atoms with Gasteiger partial charge in [0, 0.05) is 0 Å². The van der Waals surface area contributed by atoms with E-state index in [2.05, 4.69) is 74.5 Å². The van der Waals surface area contributed by atoms with Crippen molar-refractivity contribution in [1.82, 2.24) is 0 Å². The Morgan fingerprint density at radius 3 is 2.13 bits per heavy atom. The Kier molecular flexibility index (Phi) is 11.7. The van der Waals surface area contributed by atoms with Crippen molar-refractivity contribution in [2.24, 2.45) is 11.8 Å². The van der Waals surface area contributed by atoms with Crippen molar-refractivity contribution in [2.75, 3.05) is 0 Å². The van der Waals surface area contributed by atoms with E-state index in [-0.39, 0.29) is 11.9 Å². The van der Waals surface area contributed by atoms with E-state index < -0.39 is 0 Å². The summed E-state index contributed by atoms with van der Waals surface area (Å²) in [4.78, 5) is 12.9. The smallest absolute Gasteiger partial charge is 0.314 e. The maximum absolute atomic E-state index is 12.9. The molecule has 0 N–H and O–H groups in total. The highest BCUT2D eigenvalue weighted by Gasteiger charge is 2.23. The number of carbonyl (C=O) groups excluding carboxylic acids is 1. The molecule has 0 heterocycles. The quantitative estimate of drug-likeness (QED) is 0.119. The molecule has 0 amide bonds. The number of rotatable bonds is 14. The van der Waals surface area contributed by atoms with Gasteiger partial charge in [0.15, 0.2) is 0 Å². The minimum atomic E-state index is -0.0896. The van der Waals surface area contributed by atoms with E-state index in [1.165, 1.54) is 80.0 Å². The van der Waals surface area contributed by atoms with Crippen molar-refractivity contribution in [2.45, 2.75) is 103 Å². The SMILES string of the molecule is CCCCCC[C@H]1CC[C@H](c2ccc(OC(=O)C(CC)CCCc3ccc(-c4ccccc4)cc3)cc2)CC1. The number of benzene rings is 3. The molecule has 1 aliphatic carbocycles. The van der Waals surface area contributed by atoms with Crippen LogP contribution in [0.1, 0.15) is 108 Å². The third-order valence-electron chi connectivity index (χ3n) is 8.79. The summed E-state index contributed by atoms with van der Waals surface area (Å²) < 4.78 is 5.82. The molecular formula is C37H48O2. The van der Waals surface area contributed by atoms with Gasteiger partial charge in [-0.05, 0) is 97.6 Å². The first-order chi connectivity index (χ1) is 19.2. The summed E-state index contributed by atoms with van der Waals surface area (Å²) in [6.07, 6.45) is 15.9. The monoisotopic (exact) mass is 524 g/mol. The van der Waals surface area contributed by atoms with E-state index in [9.17, 15) is 4.79 Å². The van der Waals surface area contributed by atoms with Crippen molar-refractivity contribution in [3.8, 4) is 16.9 Å². The van der Waals surface area contributed by atoms with Crippen molar-refractivity contribution in [1.29, 1.82) is 0 Å². The summed E-state index contributed by atoms with van der Waals surface area (Å²) >= 11 is 0. The van der Waals surface area contributed by atoms with E-state index in [4.69, 9.17) is 4.74 Å². The zero-order chi connectivity index (χ0) is 27.3. The standard InChI is InChI=1S/C37H48O2/c1-3-5-6-8-12-29-17-23-34(24-18-29)35-25-27-36(28-26-35)39-37(38)31(4-2)16-11-13-30-19-21-33(22-20-30)32-14-9-7-10-15-32/h7,9-10,14-15,19-22,25-29,31,34H,3-6,8,11-13,16-18,23-24H2,1-2H3/t29-,31?,34-. The molecule has 4 rings (SSSR count). The molecule has 208 valence electrons. The fraction of sp³-hybridized carbons (Fsp3) is 0.486. The molecule has 2 nitrogen and oxygen atoms in total. The predicted molar refractivity (Wildman–Crippen MR) is 164 cm³/mol. The number of esters is 1. The number of aryl methyl sites for hydroxylation is 1. The van der Waals surface area contributed by atoms with Gasteiger partial charge < -0.3 is 4.74 Å². The molecule has 1 aliphatic rings. The Labute approximate surface area is 237 Å². The summed E-state index contributed by atoms with van der Waals surface area (Å²) in [5.41, 5.74) is 5.21. The van der Waals surface area contributed by atoms with Crippen LogP contribution in [0.3, 0.4) is 0 Å². The highest BCUT2D eigenvalue weighted by Crippen LogP contribution is 2.38. The zero-order valence-electron chi connectivity index (χ0n) is 24.2. The molecule has 3 aromatic carbocycles. The van der Waals surface area contributed by atoms with Crippen molar-refractivity contribution in [3.63, 3.8) is 0 Å². The Morgan fingerprint density at radius 2 is 1.46 bits per heavy atom. The highest BCUT2D eigenvalue weighted by atomic mass is 16.5. The number of carbonyl (C=O) groups is 1. The average molecular weight is 525 g/mol. The van der Waals surface area contributed by atoms with Crippen molar-refractivity contribution >= 4 is 5.97 Å². The fourth-order valence-electron chi connectivity index (χ4n) is 6.19. The zero-order valence-corrected chi connectivity index (χ0v) is 24.2. The molecule has 0 saturated heterocycles. The van der Waals surface area contributed by atoms with Crippen LogP contribution in [0.4, 0.5) is 0 Å². The van der Waals surface area contributed by atoms with Gasteiger partial charge in [-0.3, -0.25) is 4.79 Å². The molecule has 1 atom stereocenters. The molecule has 0 aromatic heterocycles. The lowest BCUT2D eigenvalue weighted by atomic mass is 9.77. The van der Waals surface area contributed by atoms with Crippen LogP contribution in [0, 0.1) is 11.8 Å². The van der Waals surface area contributed by atoms with E-state index in [1.54, 1.807) is 0 Å². The molecular weight excluding hydrogens is 476 g/mol. The maximum Gasteiger partial charge on any atom is 0.314 e. The van der Waals surface area contributed by atoms with Gasteiger partial charge in [0.25, 0.3) is 0 Å².